The van der Waals surface area contributed by atoms with Crippen molar-refractivity contribution in [2.75, 3.05) is 72.9 Å². The van der Waals surface area contributed by atoms with Crippen LogP contribution < -0.4 is 20.4 Å². The van der Waals surface area contributed by atoms with Crippen molar-refractivity contribution in [3.05, 3.63) is 6.33 Å². The van der Waals surface area contributed by atoms with Crippen molar-refractivity contribution in [3.8, 4) is 0 Å². The molecule has 4 rings (SSSR count). The second kappa shape index (κ2) is 7.04. The van der Waals surface area contributed by atoms with Gasteiger partial charge in [-0.25, -0.2) is 15.0 Å². The first-order valence-electron chi connectivity index (χ1n) is 8.52. The Balaban J connectivity index is 1.82. The van der Waals surface area contributed by atoms with Gasteiger partial charge in [-0.05, 0) is 0 Å². The monoisotopic (exact) mass is 362 g/mol. The molecule has 25 heavy (non-hydrogen) atoms. The zero-order valence-electron chi connectivity index (χ0n) is 14.2. The van der Waals surface area contributed by atoms with Crippen LogP contribution in [0.2, 0.25) is 0 Å². The summed E-state index contributed by atoms with van der Waals surface area (Å²) in [5, 5.41) is 6.45. The summed E-state index contributed by atoms with van der Waals surface area (Å²) in [6, 6.07) is 0. The number of anilines is 3. The molecule has 0 saturated carbocycles. The highest BCUT2D eigenvalue weighted by Crippen LogP contribution is 2.28. The van der Waals surface area contributed by atoms with Gasteiger partial charge in [0.15, 0.2) is 11.6 Å². The number of fused-ring (bicyclic) bond motifs is 1. The predicted octanol–water partition coefficient (Wildman–Crippen LogP) is -0.560. The molecule has 9 nitrogen and oxygen atoms in total. The van der Waals surface area contributed by atoms with Crippen LogP contribution in [0.15, 0.2) is 6.33 Å². The van der Waals surface area contributed by atoms with E-state index < -0.39 is 10.8 Å². The van der Waals surface area contributed by atoms with Crippen molar-refractivity contribution in [2.45, 2.75) is 0 Å². The smallest absolute Gasteiger partial charge is 0.228 e. The van der Waals surface area contributed by atoms with Gasteiger partial charge in [0.1, 0.15) is 17.4 Å². The molecule has 2 saturated heterocycles. The zero-order chi connectivity index (χ0) is 17.2. The summed E-state index contributed by atoms with van der Waals surface area (Å²) >= 11 is 0. The van der Waals surface area contributed by atoms with Gasteiger partial charge >= 0.3 is 0 Å². The van der Waals surface area contributed by atoms with E-state index in [4.69, 9.17) is 9.97 Å². The average molecular weight is 362 g/mol. The number of rotatable bonds is 3. The lowest BCUT2D eigenvalue weighted by atomic mass is 10.3. The molecule has 0 bridgehead atoms. The fourth-order valence-electron chi connectivity index (χ4n) is 3.18. The van der Waals surface area contributed by atoms with E-state index in [1.807, 2.05) is 7.05 Å². The Morgan fingerprint density at radius 1 is 1.04 bits per heavy atom. The van der Waals surface area contributed by atoms with Gasteiger partial charge in [0.05, 0.1) is 0 Å². The number of nitrogens with one attached hydrogen (secondary N) is 2. The second-order valence-electron chi connectivity index (χ2n) is 6.09. The molecule has 0 atom stereocenters. The highest BCUT2D eigenvalue weighted by atomic mass is 32.2. The molecule has 10 heteroatoms. The van der Waals surface area contributed by atoms with E-state index in [0.29, 0.717) is 23.3 Å². The lowest BCUT2D eigenvalue weighted by Gasteiger charge is -2.31. The van der Waals surface area contributed by atoms with Crippen LogP contribution in [0.25, 0.3) is 11.0 Å². The summed E-state index contributed by atoms with van der Waals surface area (Å²) < 4.78 is 11.7. The van der Waals surface area contributed by atoms with Crippen LogP contribution in [0.5, 0.6) is 0 Å². The molecule has 134 valence electrons. The maximum atomic E-state index is 11.7. The molecule has 4 heterocycles. The second-order valence-corrected chi connectivity index (χ2v) is 7.79. The van der Waals surface area contributed by atoms with Crippen LogP contribution in [0, 0.1) is 0 Å². The number of piperazine rings is 1. The van der Waals surface area contributed by atoms with E-state index in [2.05, 4.69) is 30.4 Å². The standard InChI is InChI=1S/C15H22N8OS/c1-16-13-11-12(18-10-19-13)14(22-6-8-25(24)9-7-22)21-15(20-11)23-4-2-17-3-5-23/h10,17H,2-9H2,1H3,(H,16,18,19). The molecule has 0 radical (unpaired) electrons. The Labute approximate surface area is 148 Å². The number of hydrogen-bond acceptors (Lipinski definition) is 9. The van der Waals surface area contributed by atoms with Gasteiger partial charge in [0.25, 0.3) is 0 Å². The summed E-state index contributed by atoms with van der Waals surface area (Å²) in [6.07, 6.45) is 1.54. The summed E-state index contributed by atoms with van der Waals surface area (Å²) in [7, 11) is 1.10. The Bertz CT molecular complexity index is 784. The van der Waals surface area contributed by atoms with Crippen LogP contribution in [-0.2, 0) is 10.8 Å². The first kappa shape index (κ1) is 16.4. The lowest BCUT2D eigenvalue weighted by Crippen LogP contribution is -2.44. The molecule has 0 unspecified atom stereocenters. The highest BCUT2D eigenvalue weighted by molar-refractivity contribution is 7.85. The molecule has 2 aromatic heterocycles. The highest BCUT2D eigenvalue weighted by Gasteiger charge is 2.24. The molecule has 0 aromatic carbocycles. The maximum Gasteiger partial charge on any atom is 0.228 e. The van der Waals surface area contributed by atoms with E-state index in [-0.39, 0.29) is 0 Å². The van der Waals surface area contributed by atoms with Gasteiger partial charge in [-0.15, -0.1) is 0 Å². The Morgan fingerprint density at radius 3 is 2.52 bits per heavy atom. The Kier molecular flexibility index (Phi) is 4.62. The van der Waals surface area contributed by atoms with E-state index in [1.54, 1.807) is 0 Å². The van der Waals surface area contributed by atoms with Gasteiger partial charge in [0.2, 0.25) is 5.95 Å². The SMILES string of the molecule is CNc1ncnc2c(N3CCS(=O)CC3)nc(N3CCNCC3)nc12. The van der Waals surface area contributed by atoms with Crippen LogP contribution in [0.4, 0.5) is 17.6 Å². The van der Waals surface area contributed by atoms with Gasteiger partial charge in [-0.2, -0.15) is 4.98 Å². The third-order valence-corrected chi connectivity index (χ3v) is 5.84. The number of nitrogens with zero attached hydrogens (tertiary/aromatic N) is 6. The summed E-state index contributed by atoms with van der Waals surface area (Å²) in [6.45, 7) is 5.03. The Morgan fingerprint density at radius 2 is 1.80 bits per heavy atom. The van der Waals surface area contributed by atoms with Crippen LogP contribution in [-0.4, -0.2) is 82.0 Å². The van der Waals surface area contributed by atoms with E-state index in [0.717, 1.165) is 56.1 Å². The molecule has 2 fully saturated rings. The van der Waals surface area contributed by atoms with Gasteiger partial charge in [-0.3, -0.25) is 4.21 Å². The van der Waals surface area contributed by atoms with E-state index in [1.165, 1.54) is 6.33 Å². The number of hydrogen-bond donors (Lipinski definition) is 2. The fraction of sp³-hybridized carbons (Fsp3) is 0.600. The van der Waals surface area contributed by atoms with Crippen molar-refractivity contribution in [3.63, 3.8) is 0 Å². The van der Waals surface area contributed by atoms with Crippen molar-refractivity contribution < 1.29 is 4.21 Å². The van der Waals surface area contributed by atoms with Crippen LogP contribution >= 0.6 is 0 Å². The lowest BCUT2D eigenvalue weighted by molar-refractivity contribution is 0.580. The van der Waals surface area contributed by atoms with Crippen molar-refractivity contribution in [1.29, 1.82) is 0 Å². The molecular formula is C15H22N8OS. The topological polar surface area (TPSA) is 99.2 Å². The molecule has 2 aliphatic rings. The summed E-state index contributed by atoms with van der Waals surface area (Å²) in [4.78, 5) is 22.7. The van der Waals surface area contributed by atoms with Crippen LogP contribution in [0.3, 0.4) is 0 Å². The summed E-state index contributed by atoms with van der Waals surface area (Å²) in [5.41, 5.74) is 1.47. The Hall–Kier alpha value is -2.07. The van der Waals surface area contributed by atoms with Crippen molar-refractivity contribution in [1.82, 2.24) is 25.3 Å². The van der Waals surface area contributed by atoms with Gasteiger partial charge in [-0.1, -0.05) is 0 Å². The minimum atomic E-state index is -0.733. The fourth-order valence-corrected chi connectivity index (χ4v) is 4.23. The van der Waals surface area contributed by atoms with E-state index >= 15 is 0 Å². The van der Waals surface area contributed by atoms with Gasteiger partial charge in [0, 0.05) is 68.6 Å². The first-order valence-corrected chi connectivity index (χ1v) is 10.0. The van der Waals surface area contributed by atoms with Crippen LogP contribution in [0.1, 0.15) is 0 Å². The minimum Gasteiger partial charge on any atom is -0.371 e. The molecule has 0 amide bonds. The normalized spacial score (nSPS) is 19.4. The molecule has 2 N–H and O–H groups in total. The molecule has 2 aliphatic heterocycles. The minimum absolute atomic E-state index is 0.665. The van der Waals surface area contributed by atoms with E-state index in [9.17, 15) is 4.21 Å². The maximum absolute atomic E-state index is 11.7. The van der Waals surface area contributed by atoms with Crippen molar-refractivity contribution in [2.24, 2.45) is 0 Å². The third kappa shape index (κ3) is 3.23. The largest absolute Gasteiger partial charge is 0.371 e. The molecule has 0 aliphatic carbocycles. The van der Waals surface area contributed by atoms with Gasteiger partial charge < -0.3 is 20.4 Å². The zero-order valence-corrected chi connectivity index (χ0v) is 15.1. The quantitative estimate of drug-likeness (QED) is 0.744. The van der Waals surface area contributed by atoms with Crippen molar-refractivity contribution >= 4 is 39.4 Å². The summed E-state index contributed by atoms with van der Waals surface area (Å²) in [5.74, 6) is 3.55. The molecule has 0 spiro atoms. The molecule has 2 aromatic rings. The third-order valence-electron chi connectivity index (χ3n) is 4.57. The molecular weight excluding hydrogens is 340 g/mol. The first-order chi connectivity index (χ1) is 12.3. The predicted molar refractivity (Wildman–Crippen MR) is 99.8 cm³/mol. The number of aromatic nitrogens is 4. The average Bonchev–Trinajstić information content (AvgIpc) is 2.68.